The van der Waals surface area contributed by atoms with Crippen molar-refractivity contribution in [1.29, 1.82) is 0 Å². The number of ether oxygens (including phenoxy) is 1. The fourth-order valence-corrected chi connectivity index (χ4v) is 2.71. The van der Waals surface area contributed by atoms with E-state index in [4.69, 9.17) is 4.74 Å². The Morgan fingerprint density at radius 2 is 2.43 bits per heavy atom. The number of hydrogen-bond donors (Lipinski definition) is 1. The second kappa shape index (κ2) is 4.43. The van der Waals surface area contributed by atoms with Crippen molar-refractivity contribution in [1.82, 2.24) is 5.32 Å². The Bertz CT molecular complexity index is 297. The summed E-state index contributed by atoms with van der Waals surface area (Å²) in [6, 6.07) is 2.75. The average molecular weight is 211 g/mol. The molecule has 1 N–H and O–H groups in total. The smallest absolute Gasteiger partial charge is 0.104 e. The van der Waals surface area contributed by atoms with Gasteiger partial charge in [0.2, 0.25) is 0 Å². The summed E-state index contributed by atoms with van der Waals surface area (Å²) in [7, 11) is 0. The summed E-state index contributed by atoms with van der Waals surface area (Å²) in [5.74, 6) is 0. The van der Waals surface area contributed by atoms with E-state index in [1.54, 1.807) is 11.3 Å². The zero-order valence-electron chi connectivity index (χ0n) is 8.75. The number of thiophene rings is 1. The zero-order chi connectivity index (χ0) is 9.97. The maximum absolute atomic E-state index is 5.85. The molecule has 1 saturated heterocycles. The van der Waals surface area contributed by atoms with E-state index >= 15 is 0 Å². The minimum atomic E-state index is 0.264. The molecule has 0 amide bonds. The Labute approximate surface area is 89.3 Å². The summed E-state index contributed by atoms with van der Waals surface area (Å²) in [5.41, 5.74) is 1.36. The predicted octanol–water partition coefficient (Wildman–Crippen LogP) is 2.50. The molecule has 0 aromatic carbocycles. The van der Waals surface area contributed by atoms with Crippen molar-refractivity contribution in [2.45, 2.75) is 32.4 Å². The third-order valence-electron chi connectivity index (χ3n) is 2.72. The van der Waals surface area contributed by atoms with Crippen LogP contribution in [0.3, 0.4) is 0 Å². The van der Waals surface area contributed by atoms with Crippen LogP contribution in [0, 0.1) is 6.92 Å². The average Bonchev–Trinajstić information content (AvgIpc) is 2.46. The van der Waals surface area contributed by atoms with Crippen LogP contribution in [-0.4, -0.2) is 19.2 Å². The molecule has 2 heterocycles. The van der Waals surface area contributed by atoms with Crippen LogP contribution in [-0.2, 0) is 4.74 Å². The Balaban J connectivity index is 2.08. The molecule has 1 aliphatic heterocycles. The molecule has 2 atom stereocenters. The van der Waals surface area contributed by atoms with Crippen molar-refractivity contribution in [2.24, 2.45) is 0 Å². The zero-order valence-corrected chi connectivity index (χ0v) is 9.56. The van der Waals surface area contributed by atoms with Crippen LogP contribution in [0.25, 0.3) is 0 Å². The van der Waals surface area contributed by atoms with Gasteiger partial charge in [0, 0.05) is 24.1 Å². The van der Waals surface area contributed by atoms with Crippen LogP contribution >= 0.6 is 11.3 Å². The molecule has 1 aromatic heterocycles. The van der Waals surface area contributed by atoms with Gasteiger partial charge in [0.1, 0.15) is 6.10 Å². The lowest BCUT2D eigenvalue weighted by molar-refractivity contribution is 0.0685. The molecule has 0 aliphatic carbocycles. The van der Waals surface area contributed by atoms with Gasteiger partial charge in [-0.2, -0.15) is 0 Å². The van der Waals surface area contributed by atoms with Crippen LogP contribution in [0.15, 0.2) is 11.4 Å². The molecule has 0 bridgehead atoms. The normalized spacial score (nSPS) is 28.7. The van der Waals surface area contributed by atoms with Crippen LogP contribution in [0.5, 0.6) is 0 Å². The van der Waals surface area contributed by atoms with Gasteiger partial charge < -0.3 is 10.1 Å². The van der Waals surface area contributed by atoms with Crippen LogP contribution in [0.2, 0.25) is 0 Å². The first-order valence-electron chi connectivity index (χ1n) is 5.16. The van der Waals surface area contributed by atoms with Crippen molar-refractivity contribution < 1.29 is 4.74 Å². The van der Waals surface area contributed by atoms with E-state index in [1.165, 1.54) is 10.4 Å². The van der Waals surface area contributed by atoms with E-state index < -0.39 is 0 Å². The van der Waals surface area contributed by atoms with Crippen LogP contribution in [0.4, 0.5) is 0 Å². The molecule has 2 unspecified atom stereocenters. The first-order chi connectivity index (χ1) is 6.77. The fourth-order valence-electron chi connectivity index (χ4n) is 1.74. The van der Waals surface area contributed by atoms with Crippen molar-refractivity contribution in [2.75, 3.05) is 13.2 Å². The lowest BCUT2D eigenvalue weighted by Crippen LogP contribution is -2.27. The number of rotatable bonds is 1. The summed E-state index contributed by atoms with van der Waals surface area (Å²) >= 11 is 1.80. The standard InChI is InChI=1S/C11H17NOS/c1-8-4-6-14-11(8)10-7-12-9(2)3-5-13-10/h4,6,9-10,12H,3,5,7H2,1-2H3. The third-order valence-corrected chi connectivity index (χ3v) is 3.83. The molecule has 1 fully saturated rings. The molecule has 2 rings (SSSR count). The summed E-state index contributed by atoms with van der Waals surface area (Å²) in [6.45, 7) is 6.19. The Morgan fingerprint density at radius 3 is 3.14 bits per heavy atom. The van der Waals surface area contributed by atoms with Gasteiger partial charge in [-0.25, -0.2) is 0 Å². The quantitative estimate of drug-likeness (QED) is 0.770. The van der Waals surface area contributed by atoms with E-state index in [0.29, 0.717) is 6.04 Å². The molecule has 0 saturated carbocycles. The predicted molar refractivity (Wildman–Crippen MR) is 59.8 cm³/mol. The summed E-state index contributed by atoms with van der Waals surface area (Å²) in [4.78, 5) is 1.38. The van der Waals surface area contributed by atoms with Gasteiger partial charge in [0.25, 0.3) is 0 Å². The maximum atomic E-state index is 5.85. The first kappa shape index (κ1) is 10.1. The highest BCUT2D eigenvalue weighted by atomic mass is 32.1. The van der Waals surface area contributed by atoms with E-state index in [2.05, 4.69) is 30.6 Å². The van der Waals surface area contributed by atoms with E-state index in [0.717, 1.165) is 19.6 Å². The minimum Gasteiger partial charge on any atom is -0.371 e. The maximum Gasteiger partial charge on any atom is 0.104 e. The topological polar surface area (TPSA) is 21.3 Å². The summed E-state index contributed by atoms with van der Waals surface area (Å²) < 4.78 is 5.85. The van der Waals surface area contributed by atoms with Gasteiger partial charge in [0.05, 0.1) is 0 Å². The van der Waals surface area contributed by atoms with Crippen molar-refractivity contribution in [3.63, 3.8) is 0 Å². The molecule has 0 radical (unpaired) electrons. The molecule has 1 aromatic rings. The van der Waals surface area contributed by atoms with Gasteiger partial charge in [0.15, 0.2) is 0 Å². The highest BCUT2D eigenvalue weighted by Crippen LogP contribution is 2.27. The molecular weight excluding hydrogens is 194 g/mol. The lowest BCUT2D eigenvalue weighted by Gasteiger charge is -2.14. The molecule has 0 spiro atoms. The highest BCUT2D eigenvalue weighted by Gasteiger charge is 2.19. The molecular formula is C11H17NOS. The fraction of sp³-hybridized carbons (Fsp3) is 0.636. The first-order valence-corrected chi connectivity index (χ1v) is 6.04. The summed E-state index contributed by atoms with van der Waals surface area (Å²) in [6.07, 6.45) is 1.38. The minimum absolute atomic E-state index is 0.264. The third kappa shape index (κ3) is 2.16. The van der Waals surface area contributed by atoms with Gasteiger partial charge in [-0.05, 0) is 37.3 Å². The van der Waals surface area contributed by atoms with E-state index in [9.17, 15) is 0 Å². The second-order valence-corrected chi connectivity index (χ2v) is 4.87. The Kier molecular flexibility index (Phi) is 3.21. The lowest BCUT2D eigenvalue weighted by atomic mass is 10.2. The van der Waals surface area contributed by atoms with Crippen molar-refractivity contribution in [3.05, 3.63) is 21.9 Å². The molecule has 3 heteroatoms. The molecule has 2 nitrogen and oxygen atoms in total. The van der Waals surface area contributed by atoms with Crippen LogP contribution < -0.4 is 5.32 Å². The van der Waals surface area contributed by atoms with Gasteiger partial charge in [-0.15, -0.1) is 11.3 Å². The number of nitrogens with one attached hydrogen (secondary N) is 1. The second-order valence-electron chi connectivity index (χ2n) is 3.93. The largest absolute Gasteiger partial charge is 0.371 e. The van der Waals surface area contributed by atoms with Crippen molar-refractivity contribution in [3.8, 4) is 0 Å². The molecule has 78 valence electrons. The Morgan fingerprint density at radius 1 is 1.57 bits per heavy atom. The molecule has 14 heavy (non-hydrogen) atoms. The van der Waals surface area contributed by atoms with Crippen LogP contribution in [0.1, 0.15) is 29.9 Å². The number of hydrogen-bond acceptors (Lipinski definition) is 3. The van der Waals surface area contributed by atoms with Gasteiger partial charge in [-0.1, -0.05) is 0 Å². The van der Waals surface area contributed by atoms with Gasteiger partial charge in [-0.3, -0.25) is 0 Å². The van der Waals surface area contributed by atoms with Crippen molar-refractivity contribution >= 4 is 11.3 Å². The van der Waals surface area contributed by atoms with Gasteiger partial charge >= 0.3 is 0 Å². The highest BCUT2D eigenvalue weighted by molar-refractivity contribution is 7.10. The summed E-state index contributed by atoms with van der Waals surface area (Å²) in [5, 5.41) is 5.63. The number of aryl methyl sites for hydroxylation is 1. The van der Waals surface area contributed by atoms with E-state index in [-0.39, 0.29) is 6.10 Å². The molecule has 1 aliphatic rings. The Hall–Kier alpha value is -0.380. The van der Waals surface area contributed by atoms with E-state index in [1.807, 2.05) is 0 Å². The SMILES string of the molecule is Cc1ccsc1C1CNC(C)CCO1. The monoisotopic (exact) mass is 211 g/mol.